The van der Waals surface area contributed by atoms with Crippen LogP contribution in [0.4, 0.5) is 0 Å². The number of hydrogen-bond donors (Lipinski definition) is 1. The smallest absolute Gasteiger partial charge is 0.274 e. The number of likely N-dealkylation sites (tertiary alicyclic amines) is 1. The van der Waals surface area contributed by atoms with Gasteiger partial charge in [-0.2, -0.15) is 5.10 Å². The molecule has 132 valence electrons. The number of aromatic amines is 1. The zero-order valence-corrected chi connectivity index (χ0v) is 14.3. The predicted octanol–water partition coefficient (Wildman–Crippen LogP) is 1.45. The van der Waals surface area contributed by atoms with Gasteiger partial charge in [0.25, 0.3) is 5.91 Å². The van der Waals surface area contributed by atoms with Crippen LogP contribution in [0, 0.1) is 0 Å². The molecule has 0 aromatic carbocycles. The van der Waals surface area contributed by atoms with Gasteiger partial charge in [0.2, 0.25) is 0 Å². The first-order valence-corrected chi connectivity index (χ1v) is 8.87. The molecule has 2 atom stereocenters. The van der Waals surface area contributed by atoms with Gasteiger partial charge in [0.15, 0.2) is 5.69 Å². The summed E-state index contributed by atoms with van der Waals surface area (Å²) in [5.74, 6) is 0.0271. The van der Waals surface area contributed by atoms with E-state index in [2.05, 4.69) is 10.2 Å². The average Bonchev–Trinajstić information content (AvgIpc) is 2.95. The van der Waals surface area contributed by atoms with Crippen molar-refractivity contribution in [3.8, 4) is 0 Å². The molecule has 1 aromatic heterocycles. The van der Waals surface area contributed by atoms with Crippen molar-refractivity contribution in [3.05, 3.63) is 17.0 Å². The van der Waals surface area contributed by atoms with Crippen molar-refractivity contribution in [1.29, 1.82) is 0 Å². The second-order valence-corrected chi connectivity index (χ2v) is 7.04. The minimum atomic E-state index is -0.0402. The second-order valence-electron chi connectivity index (χ2n) is 7.04. The van der Waals surface area contributed by atoms with Crippen molar-refractivity contribution in [1.82, 2.24) is 15.1 Å². The molecule has 1 aromatic rings. The summed E-state index contributed by atoms with van der Waals surface area (Å²) < 4.78 is 16.9. The number of H-pyrrole nitrogens is 1. The Bertz CT molecular complexity index is 605. The molecule has 1 amide bonds. The molecule has 3 aliphatic rings. The number of rotatable bonds is 3. The third-order valence-electron chi connectivity index (χ3n) is 5.16. The van der Waals surface area contributed by atoms with E-state index in [1.54, 1.807) is 0 Å². The number of piperidine rings is 1. The van der Waals surface area contributed by atoms with Gasteiger partial charge in [-0.05, 0) is 26.7 Å². The van der Waals surface area contributed by atoms with Crippen LogP contribution in [-0.4, -0.2) is 65.6 Å². The van der Waals surface area contributed by atoms with E-state index in [9.17, 15) is 4.79 Å². The van der Waals surface area contributed by atoms with Gasteiger partial charge >= 0.3 is 0 Å². The molecule has 24 heavy (non-hydrogen) atoms. The highest BCUT2D eigenvalue weighted by molar-refractivity contribution is 5.94. The summed E-state index contributed by atoms with van der Waals surface area (Å²) in [4.78, 5) is 14.8. The maximum absolute atomic E-state index is 12.9. The molecule has 0 unspecified atom stereocenters. The molecular weight excluding hydrogens is 310 g/mol. The maximum atomic E-state index is 12.9. The Labute approximate surface area is 141 Å². The van der Waals surface area contributed by atoms with Crippen molar-refractivity contribution in [2.24, 2.45) is 0 Å². The van der Waals surface area contributed by atoms with E-state index >= 15 is 0 Å². The number of nitrogens with zero attached hydrogens (tertiary/aromatic N) is 2. The monoisotopic (exact) mass is 335 g/mol. The standard InChI is InChI=1S/C17H25N3O4/c1-10-7-14-15(11(2)23-10)18-19-16(14)17(21)20-5-3-12(4-6-20)24-13-8-22-9-13/h10-13H,3-9H2,1-2H3,(H,18,19)/t10-,11+/m1/s1. The fourth-order valence-corrected chi connectivity index (χ4v) is 3.76. The Morgan fingerprint density at radius 3 is 2.67 bits per heavy atom. The molecule has 1 N–H and O–H groups in total. The van der Waals surface area contributed by atoms with Crippen molar-refractivity contribution < 1.29 is 19.0 Å². The van der Waals surface area contributed by atoms with Crippen LogP contribution in [0.3, 0.4) is 0 Å². The minimum absolute atomic E-state index is 0.0271. The Morgan fingerprint density at radius 2 is 2.00 bits per heavy atom. The number of fused-ring (bicyclic) bond motifs is 1. The van der Waals surface area contributed by atoms with Crippen LogP contribution in [0.15, 0.2) is 0 Å². The van der Waals surface area contributed by atoms with E-state index in [1.807, 2.05) is 18.7 Å². The van der Waals surface area contributed by atoms with Crippen LogP contribution >= 0.6 is 0 Å². The summed E-state index contributed by atoms with van der Waals surface area (Å²) in [6, 6.07) is 0. The summed E-state index contributed by atoms with van der Waals surface area (Å²) in [5.41, 5.74) is 2.54. The highest BCUT2D eigenvalue weighted by atomic mass is 16.6. The number of aromatic nitrogens is 2. The molecule has 4 heterocycles. The lowest BCUT2D eigenvalue weighted by Crippen LogP contribution is -2.45. The fourth-order valence-electron chi connectivity index (χ4n) is 3.76. The first kappa shape index (κ1) is 16.1. The van der Waals surface area contributed by atoms with E-state index < -0.39 is 0 Å². The minimum Gasteiger partial charge on any atom is -0.376 e. The van der Waals surface area contributed by atoms with E-state index in [4.69, 9.17) is 14.2 Å². The number of amides is 1. The van der Waals surface area contributed by atoms with Crippen molar-refractivity contribution in [2.45, 2.75) is 57.5 Å². The van der Waals surface area contributed by atoms with Crippen LogP contribution in [0.25, 0.3) is 0 Å². The Kier molecular flexibility index (Phi) is 4.32. The molecule has 7 heteroatoms. The molecular formula is C17H25N3O4. The van der Waals surface area contributed by atoms with Crippen molar-refractivity contribution in [3.63, 3.8) is 0 Å². The lowest BCUT2D eigenvalue weighted by molar-refractivity contribution is -0.161. The molecule has 7 nitrogen and oxygen atoms in total. The molecule has 2 fully saturated rings. The fraction of sp³-hybridized carbons (Fsp3) is 0.765. The number of carbonyl (C=O) groups is 1. The highest BCUT2D eigenvalue weighted by Gasteiger charge is 2.33. The second kappa shape index (κ2) is 6.46. The Morgan fingerprint density at radius 1 is 1.25 bits per heavy atom. The molecule has 0 bridgehead atoms. The van der Waals surface area contributed by atoms with Gasteiger partial charge in [-0.15, -0.1) is 0 Å². The zero-order valence-electron chi connectivity index (χ0n) is 14.3. The van der Waals surface area contributed by atoms with Crippen LogP contribution < -0.4 is 0 Å². The first-order valence-electron chi connectivity index (χ1n) is 8.87. The van der Waals surface area contributed by atoms with Gasteiger partial charge in [0.05, 0.1) is 37.2 Å². The number of hydrogen-bond acceptors (Lipinski definition) is 5. The first-order chi connectivity index (χ1) is 11.6. The van der Waals surface area contributed by atoms with Crippen molar-refractivity contribution in [2.75, 3.05) is 26.3 Å². The van der Waals surface area contributed by atoms with E-state index in [0.717, 1.165) is 43.6 Å². The summed E-state index contributed by atoms with van der Waals surface area (Å²) in [6.45, 7) is 6.89. The Hall–Kier alpha value is -1.44. The number of carbonyl (C=O) groups excluding carboxylic acids is 1. The van der Waals surface area contributed by atoms with Gasteiger partial charge in [-0.1, -0.05) is 0 Å². The van der Waals surface area contributed by atoms with Crippen LogP contribution in [0.5, 0.6) is 0 Å². The normalized spacial score (nSPS) is 28.5. The maximum Gasteiger partial charge on any atom is 0.274 e. The quantitative estimate of drug-likeness (QED) is 0.905. The highest BCUT2D eigenvalue weighted by Crippen LogP contribution is 2.31. The van der Waals surface area contributed by atoms with Gasteiger partial charge in [0, 0.05) is 25.1 Å². The van der Waals surface area contributed by atoms with E-state index in [1.165, 1.54) is 0 Å². The molecule has 0 radical (unpaired) electrons. The van der Waals surface area contributed by atoms with E-state index in [0.29, 0.717) is 18.9 Å². The van der Waals surface area contributed by atoms with Crippen LogP contribution in [0.2, 0.25) is 0 Å². The van der Waals surface area contributed by atoms with Crippen LogP contribution in [0.1, 0.15) is 54.5 Å². The summed E-state index contributed by atoms with van der Waals surface area (Å²) in [5, 5.41) is 7.31. The summed E-state index contributed by atoms with van der Waals surface area (Å²) in [7, 11) is 0. The average molecular weight is 335 g/mol. The topological polar surface area (TPSA) is 76.7 Å². The molecule has 2 saturated heterocycles. The van der Waals surface area contributed by atoms with Gasteiger partial charge in [-0.25, -0.2) is 0 Å². The van der Waals surface area contributed by atoms with Crippen LogP contribution in [-0.2, 0) is 20.6 Å². The molecule has 0 aliphatic carbocycles. The number of ether oxygens (including phenoxy) is 3. The van der Waals surface area contributed by atoms with Gasteiger partial charge < -0.3 is 19.1 Å². The summed E-state index contributed by atoms with van der Waals surface area (Å²) >= 11 is 0. The summed E-state index contributed by atoms with van der Waals surface area (Å²) in [6.07, 6.45) is 3.05. The lowest BCUT2D eigenvalue weighted by atomic mass is 9.98. The van der Waals surface area contributed by atoms with Crippen molar-refractivity contribution >= 4 is 5.91 Å². The largest absolute Gasteiger partial charge is 0.376 e. The third-order valence-corrected chi connectivity index (χ3v) is 5.16. The Balaban J connectivity index is 1.40. The molecule has 0 saturated carbocycles. The molecule has 0 spiro atoms. The number of nitrogens with one attached hydrogen (secondary N) is 1. The predicted molar refractivity (Wildman–Crippen MR) is 85.9 cm³/mol. The molecule has 4 rings (SSSR count). The van der Waals surface area contributed by atoms with Gasteiger partial charge in [0.1, 0.15) is 6.10 Å². The molecule has 3 aliphatic heterocycles. The zero-order chi connectivity index (χ0) is 16.7. The van der Waals surface area contributed by atoms with Gasteiger partial charge in [-0.3, -0.25) is 9.89 Å². The SMILES string of the molecule is C[C@@H]1Cc2c(C(=O)N3CCC(OC4COC4)CC3)n[nH]c2[C@H](C)O1. The third kappa shape index (κ3) is 2.96. The van der Waals surface area contributed by atoms with E-state index in [-0.39, 0.29) is 30.3 Å². The lowest BCUT2D eigenvalue weighted by Gasteiger charge is -2.36.